The second-order valence-corrected chi connectivity index (χ2v) is 5.87. The van der Waals surface area contributed by atoms with Crippen molar-refractivity contribution in [3.05, 3.63) is 65.6 Å². The summed E-state index contributed by atoms with van der Waals surface area (Å²) in [5, 5.41) is 25.3. The zero-order valence-corrected chi connectivity index (χ0v) is 14.5. The highest BCUT2D eigenvalue weighted by Crippen LogP contribution is 2.16. The molecule has 142 valence electrons. The minimum absolute atomic E-state index is 0.199. The number of carbonyl (C=O) groups is 3. The maximum absolute atomic E-state index is 12.3. The molecule has 0 spiro atoms. The summed E-state index contributed by atoms with van der Waals surface area (Å²) in [4.78, 5) is 41.7. The molecule has 0 aliphatic carbocycles. The summed E-state index contributed by atoms with van der Waals surface area (Å²) in [6.07, 6.45) is 1.01. The summed E-state index contributed by atoms with van der Waals surface area (Å²) in [5.74, 6) is -3.83. The standard InChI is InChI=1S/C19H16N4O5/c24-15(25)10-22-19(28)16-20-9-14(18(27)23-16)17(26)21-8-11-5-6-12-3-1-2-4-13(12)7-11/h1-7,9H,8,10H2,(H,21,26)(H,22,28)(H,24,25)(H,20,23,27). The van der Waals surface area contributed by atoms with E-state index >= 15 is 0 Å². The van der Waals surface area contributed by atoms with Gasteiger partial charge in [-0.3, -0.25) is 14.4 Å². The van der Waals surface area contributed by atoms with Crippen LogP contribution in [-0.4, -0.2) is 44.5 Å². The van der Waals surface area contributed by atoms with Gasteiger partial charge in [-0.25, -0.2) is 4.98 Å². The number of aromatic nitrogens is 2. The second-order valence-electron chi connectivity index (χ2n) is 5.87. The van der Waals surface area contributed by atoms with Crippen molar-refractivity contribution in [3.8, 4) is 5.88 Å². The van der Waals surface area contributed by atoms with Crippen LogP contribution in [0.2, 0.25) is 0 Å². The molecule has 9 nitrogen and oxygen atoms in total. The molecule has 0 unspecified atom stereocenters. The van der Waals surface area contributed by atoms with Crippen LogP contribution in [0, 0.1) is 0 Å². The van der Waals surface area contributed by atoms with Gasteiger partial charge in [0.2, 0.25) is 11.7 Å². The van der Waals surface area contributed by atoms with Crippen molar-refractivity contribution < 1.29 is 24.6 Å². The summed E-state index contributed by atoms with van der Waals surface area (Å²) in [5.41, 5.74) is 0.674. The van der Waals surface area contributed by atoms with Crippen LogP contribution in [-0.2, 0) is 11.3 Å². The summed E-state index contributed by atoms with van der Waals surface area (Å²) < 4.78 is 0. The Bertz CT molecular complexity index is 1070. The minimum Gasteiger partial charge on any atom is -0.493 e. The van der Waals surface area contributed by atoms with E-state index in [1.807, 2.05) is 42.5 Å². The molecule has 4 N–H and O–H groups in total. The molecule has 2 aromatic carbocycles. The number of rotatable bonds is 6. The van der Waals surface area contributed by atoms with Gasteiger partial charge in [0.25, 0.3) is 11.8 Å². The van der Waals surface area contributed by atoms with Crippen molar-refractivity contribution in [3.63, 3.8) is 0 Å². The predicted molar refractivity (Wildman–Crippen MR) is 98.8 cm³/mol. The number of hydrogen-bond donors (Lipinski definition) is 4. The molecule has 0 fully saturated rings. The molecule has 28 heavy (non-hydrogen) atoms. The number of amides is 2. The second kappa shape index (κ2) is 8.12. The Hall–Kier alpha value is -4.01. The average molecular weight is 380 g/mol. The number of carbonyl (C=O) groups excluding carboxylic acids is 2. The molecule has 0 radical (unpaired) electrons. The first-order valence-corrected chi connectivity index (χ1v) is 8.26. The van der Waals surface area contributed by atoms with Crippen LogP contribution in [0.5, 0.6) is 5.88 Å². The van der Waals surface area contributed by atoms with Crippen LogP contribution in [0.25, 0.3) is 10.8 Å². The smallest absolute Gasteiger partial charge is 0.322 e. The molecule has 1 aromatic heterocycles. The van der Waals surface area contributed by atoms with Crippen molar-refractivity contribution in [2.45, 2.75) is 6.54 Å². The Kier molecular flexibility index (Phi) is 5.45. The van der Waals surface area contributed by atoms with Gasteiger partial charge >= 0.3 is 5.97 Å². The fourth-order valence-electron chi connectivity index (χ4n) is 2.50. The quantitative estimate of drug-likeness (QED) is 0.501. The van der Waals surface area contributed by atoms with Gasteiger partial charge in [0.15, 0.2) is 0 Å². The number of aliphatic carboxylic acids is 1. The van der Waals surface area contributed by atoms with Crippen LogP contribution in [0.1, 0.15) is 26.5 Å². The van der Waals surface area contributed by atoms with Crippen molar-refractivity contribution >= 4 is 28.6 Å². The number of nitrogens with one attached hydrogen (secondary N) is 2. The van der Waals surface area contributed by atoms with Gasteiger partial charge < -0.3 is 20.8 Å². The Balaban J connectivity index is 1.66. The van der Waals surface area contributed by atoms with E-state index in [9.17, 15) is 19.5 Å². The highest BCUT2D eigenvalue weighted by molar-refractivity contribution is 5.97. The zero-order chi connectivity index (χ0) is 20.1. The monoisotopic (exact) mass is 380 g/mol. The van der Waals surface area contributed by atoms with Crippen molar-refractivity contribution in [1.82, 2.24) is 20.6 Å². The first-order chi connectivity index (χ1) is 13.4. The van der Waals surface area contributed by atoms with E-state index in [0.29, 0.717) is 0 Å². The Morgan fingerprint density at radius 2 is 1.71 bits per heavy atom. The van der Waals surface area contributed by atoms with Gasteiger partial charge in [0, 0.05) is 12.7 Å². The predicted octanol–water partition coefficient (Wildman–Crippen LogP) is 1.08. The number of nitrogens with zero attached hydrogens (tertiary/aromatic N) is 2. The number of carboxylic acids is 1. The molecular weight excluding hydrogens is 364 g/mol. The van der Waals surface area contributed by atoms with Gasteiger partial charge in [-0.2, -0.15) is 4.98 Å². The highest BCUT2D eigenvalue weighted by Gasteiger charge is 2.17. The van der Waals surface area contributed by atoms with Gasteiger partial charge in [-0.05, 0) is 22.4 Å². The van der Waals surface area contributed by atoms with Crippen LogP contribution in [0.4, 0.5) is 0 Å². The first-order valence-electron chi connectivity index (χ1n) is 8.26. The third-order valence-electron chi connectivity index (χ3n) is 3.88. The topological polar surface area (TPSA) is 142 Å². The lowest BCUT2D eigenvalue weighted by atomic mass is 10.1. The van der Waals surface area contributed by atoms with Crippen LogP contribution < -0.4 is 10.6 Å². The molecule has 3 aromatic rings. The molecule has 3 rings (SSSR count). The van der Waals surface area contributed by atoms with Gasteiger partial charge in [0.1, 0.15) is 12.1 Å². The zero-order valence-electron chi connectivity index (χ0n) is 14.5. The number of hydrogen-bond acceptors (Lipinski definition) is 6. The molecule has 0 atom stereocenters. The minimum atomic E-state index is -1.23. The summed E-state index contributed by atoms with van der Waals surface area (Å²) >= 11 is 0. The SMILES string of the molecule is O=C(O)CNC(=O)c1ncc(C(=O)NCc2ccc3ccccc3c2)c(O)n1. The Labute approximate surface area is 159 Å². The molecule has 9 heteroatoms. The van der Waals surface area contributed by atoms with E-state index in [0.717, 1.165) is 22.5 Å². The lowest BCUT2D eigenvalue weighted by Crippen LogP contribution is -2.31. The Morgan fingerprint density at radius 3 is 2.43 bits per heavy atom. The average Bonchev–Trinajstić information content (AvgIpc) is 2.69. The molecule has 0 bridgehead atoms. The van der Waals surface area contributed by atoms with Crippen LogP contribution in [0.3, 0.4) is 0 Å². The van der Waals surface area contributed by atoms with Gasteiger partial charge in [-0.1, -0.05) is 36.4 Å². The number of carboxylic acid groups (broad SMARTS) is 1. The number of benzene rings is 2. The van der Waals surface area contributed by atoms with Crippen molar-refractivity contribution in [2.75, 3.05) is 6.54 Å². The normalized spacial score (nSPS) is 10.4. The van der Waals surface area contributed by atoms with E-state index in [-0.39, 0.29) is 12.1 Å². The third kappa shape index (κ3) is 4.39. The molecule has 1 heterocycles. The fraction of sp³-hybridized carbons (Fsp3) is 0.105. The van der Waals surface area contributed by atoms with Crippen molar-refractivity contribution in [1.29, 1.82) is 0 Å². The maximum atomic E-state index is 12.3. The van der Waals surface area contributed by atoms with Gasteiger partial charge in [-0.15, -0.1) is 0 Å². The van der Waals surface area contributed by atoms with E-state index in [1.54, 1.807) is 0 Å². The molecular formula is C19H16N4O5. The number of fused-ring (bicyclic) bond motifs is 1. The first kappa shape index (κ1) is 18.8. The van der Waals surface area contributed by atoms with E-state index in [1.165, 1.54) is 0 Å². The molecule has 0 aliphatic rings. The summed E-state index contributed by atoms with van der Waals surface area (Å²) in [6, 6.07) is 13.6. The Morgan fingerprint density at radius 1 is 0.964 bits per heavy atom. The molecule has 2 amide bonds. The molecule has 0 saturated carbocycles. The van der Waals surface area contributed by atoms with E-state index < -0.39 is 36.0 Å². The van der Waals surface area contributed by atoms with Crippen LogP contribution >= 0.6 is 0 Å². The maximum Gasteiger partial charge on any atom is 0.322 e. The third-order valence-corrected chi connectivity index (χ3v) is 3.88. The van der Waals surface area contributed by atoms with E-state index in [2.05, 4.69) is 20.6 Å². The van der Waals surface area contributed by atoms with E-state index in [4.69, 9.17) is 5.11 Å². The number of aromatic hydroxyl groups is 1. The van der Waals surface area contributed by atoms with Gasteiger partial charge in [0.05, 0.1) is 0 Å². The largest absolute Gasteiger partial charge is 0.493 e. The molecule has 0 saturated heterocycles. The fourth-order valence-corrected chi connectivity index (χ4v) is 2.50. The molecule has 0 aliphatic heterocycles. The summed E-state index contributed by atoms with van der Waals surface area (Å²) in [7, 11) is 0. The lowest BCUT2D eigenvalue weighted by Gasteiger charge is -2.08. The van der Waals surface area contributed by atoms with Crippen LogP contribution in [0.15, 0.2) is 48.7 Å². The highest BCUT2D eigenvalue weighted by atomic mass is 16.4. The summed E-state index contributed by atoms with van der Waals surface area (Å²) in [6.45, 7) is -0.388. The lowest BCUT2D eigenvalue weighted by molar-refractivity contribution is -0.135. The van der Waals surface area contributed by atoms with Crippen molar-refractivity contribution in [2.24, 2.45) is 0 Å².